The van der Waals surface area contributed by atoms with Crippen LogP contribution < -0.4 is 0 Å². The highest BCUT2D eigenvalue weighted by Crippen LogP contribution is 2.28. The molecule has 6 heteroatoms. The van der Waals surface area contributed by atoms with E-state index in [0.717, 1.165) is 5.56 Å². The third kappa shape index (κ3) is 4.69. The molecule has 0 N–H and O–H groups in total. The summed E-state index contributed by atoms with van der Waals surface area (Å²) < 4.78 is 57.1. The lowest BCUT2D eigenvalue weighted by Gasteiger charge is -2.23. The molecule has 3 nitrogen and oxygen atoms in total. The van der Waals surface area contributed by atoms with Crippen molar-refractivity contribution in [1.29, 1.82) is 0 Å². The molecule has 1 aliphatic rings. The molecule has 0 aromatic heterocycles. The number of hydrogen-bond acceptors (Lipinski definition) is 3. The molecule has 0 radical (unpaired) electrons. The molecule has 1 saturated heterocycles. The van der Waals surface area contributed by atoms with Crippen LogP contribution in [0.1, 0.15) is 19.4 Å². The Labute approximate surface area is 128 Å². The maximum Gasteiger partial charge on any atom is 0.167 e. The van der Waals surface area contributed by atoms with E-state index in [9.17, 15) is 13.2 Å². The maximum absolute atomic E-state index is 14.0. The molecule has 124 valence electrons. The van der Waals surface area contributed by atoms with Crippen LogP contribution in [0.5, 0.6) is 0 Å². The summed E-state index contributed by atoms with van der Waals surface area (Å²) >= 11 is 0. The van der Waals surface area contributed by atoms with E-state index < -0.39 is 37.0 Å². The van der Waals surface area contributed by atoms with E-state index in [1.54, 1.807) is 13.8 Å². The third-order valence-corrected chi connectivity index (χ3v) is 3.42. The van der Waals surface area contributed by atoms with Gasteiger partial charge in [-0.3, -0.25) is 0 Å². The molecule has 0 amide bonds. The summed E-state index contributed by atoms with van der Waals surface area (Å²) in [6, 6.07) is 9.10. The topological polar surface area (TPSA) is 27.7 Å². The SMILES string of the molecule is CC1(C)OC[C@H]([C@@H](F)[C@H](F)[C@@H](F)COCc2ccccc2)O1. The Kier molecular flexibility index (Phi) is 5.83. The number of hydrogen-bond donors (Lipinski definition) is 0. The summed E-state index contributed by atoms with van der Waals surface area (Å²) in [5, 5.41) is 0. The van der Waals surface area contributed by atoms with Gasteiger partial charge in [-0.2, -0.15) is 0 Å². The summed E-state index contributed by atoms with van der Waals surface area (Å²) in [6.07, 6.45) is -7.54. The predicted molar refractivity (Wildman–Crippen MR) is 75.7 cm³/mol. The van der Waals surface area contributed by atoms with Gasteiger partial charge in [-0.25, -0.2) is 13.2 Å². The van der Waals surface area contributed by atoms with E-state index in [2.05, 4.69) is 0 Å². The Morgan fingerprint density at radius 3 is 2.50 bits per heavy atom. The van der Waals surface area contributed by atoms with Crippen LogP contribution in [0, 0.1) is 0 Å². The van der Waals surface area contributed by atoms with Gasteiger partial charge in [0.05, 0.1) is 19.8 Å². The number of benzene rings is 1. The van der Waals surface area contributed by atoms with Gasteiger partial charge in [0.25, 0.3) is 0 Å². The van der Waals surface area contributed by atoms with Crippen molar-refractivity contribution in [2.75, 3.05) is 13.2 Å². The monoisotopic (exact) mass is 318 g/mol. The van der Waals surface area contributed by atoms with Gasteiger partial charge in [-0.05, 0) is 19.4 Å². The molecule has 0 bridgehead atoms. The molecule has 1 aromatic carbocycles. The van der Waals surface area contributed by atoms with Crippen molar-refractivity contribution in [3.63, 3.8) is 0 Å². The highest BCUT2D eigenvalue weighted by Gasteiger charge is 2.43. The van der Waals surface area contributed by atoms with Gasteiger partial charge in [0.1, 0.15) is 6.10 Å². The smallest absolute Gasteiger partial charge is 0.167 e. The Morgan fingerprint density at radius 2 is 1.91 bits per heavy atom. The minimum atomic E-state index is -2.31. The Balaban J connectivity index is 1.75. The van der Waals surface area contributed by atoms with Gasteiger partial charge in [-0.1, -0.05) is 30.3 Å². The van der Waals surface area contributed by atoms with Crippen molar-refractivity contribution in [3.05, 3.63) is 35.9 Å². The second kappa shape index (κ2) is 7.44. The summed E-state index contributed by atoms with van der Waals surface area (Å²) in [4.78, 5) is 0. The lowest BCUT2D eigenvalue weighted by atomic mass is 10.1. The minimum absolute atomic E-state index is 0.0911. The van der Waals surface area contributed by atoms with E-state index in [4.69, 9.17) is 14.2 Å². The molecule has 0 saturated carbocycles. The normalized spacial score (nSPS) is 24.9. The molecule has 4 atom stereocenters. The quantitative estimate of drug-likeness (QED) is 0.771. The summed E-state index contributed by atoms with van der Waals surface area (Å²) in [7, 11) is 0. The fourth-order valence-corrected chi connectivity index (χ4v) is 2.23. The molecule has 0 aliphatic carbocycles. The van der Waals surface area contributed by atoms with Crippen molar-refractivity contribution in [2.45, 2.75) is 50.9 Å². The zero-order chi connectivity index (χ0) is 16.2. The average molecular weight is 318 g/mol. The number of alkyl halides is 3. The molecule has 1 heterocycles. The molecule has 2 rings (SSSR count). The van der Waals surface area contributed by atoms with Crippen molar-refractivity contribution in [2.24, 2.45) is 0 Å². The lowest BCUT2D eigenvalue weighted by molar-refractivity contribution is -0.151. The van der Waals surface area contributed by atoms with Crippen LogP contribution in [0.4, 0.5) is 13.2 Å². The first-order chi connectivity index (χ1) is 10.4. The van der Waals surface area contributed by atoms with Crippen LogP contribution >= 0.6 is 0 Å². The van der Waals surface area contributed by atoms with Gasteiger partial charge in [0.2, 0.25) is 0 Å². The molecule has 1 aromatic rings. The molecule has 0 unspecified atom stereocenters. The van der Waals surface area contributed by atoms with E-state index in [0.29, 0.717) is 0 Å². The summed E-state index contributed by atoms with van der Waals surface area (Å²) in [6.45, 7) is 2.76. The molecule has 1 aliphatic heterocycles. The van der Waals surface area contributed by atoms with Gasteiger partial charge < -0.3 is 14.2 Å². The Bertz CT molecular complexity index is 455. The highest BCUT2D eigenvalue weighted by molar-refractivity contribution is 5.13. The van der Waals surface area contributed by atoms with Crippen LogP contribution in [-0.4, -0.2) is 43.6 Å². The van der Waals surface area contributed by atoms with Gasteiger partial charge in [0, 0.05) is 0 Å². The van der Waals surface area contributed by atoms with Crippen LogP contribution in [0.15, 0.2) is 30.3 Å². The van der Waals surface area contributed by atoms with Crippen LogP contribution in [0.25, 0.3) is 0 Å². The van der Waals surface area contributed by atoms with Gasteiger partial charge >= 0.3 is 0 Å². The largest absolute Gasteiger partial charge is 0.374 e. The predicted octanol–water partition coefficient (Wildman–Crippen LogP) is 3.37. The summed E-state index contributed by atoms with van der Waals surface area (Å²) in [5.74, 6) is -0.968. The first-order valence-corrected chi connectivity index (χ1v) is 7.25. The zero-order valence-corrected chi connectivity index (χ0v) is 12.7. The fourth-order valence-electron chi connectivity index (χ4n) is 2.23. The number of rotatable bonds is 7. The third-order valence-electron chi connectivity index (χ3n) is 3.42. The van der Waals surface area contributed by atoms with E-state index in [-0.39, 0.29) is 13.2 Å². The number of halogens is 3. The zero-order valence-electron chi connectivity index (χ0n) is 12.7. The Hall–Kier alpha value is -1.11. The Morgan fingerprint density at radius 1 is 1.23 bits per heavy atom. The van der Waals surface area contributed by atoms with E-state index in [1.165, 1.54) is 0 Å². The van der Waals surface area contributed by atoms with E-state index >= 15 is 0 Å². The van der Waals surface area contributed by atoms with E-state index in [1.807, 2.05) is 30.3 Å². The van der Waals surface area contributed by atoms with Crippen molar-refractivity contribution < 1.29 is 27.4 Å². The van der Waals surface area contributed by atoms with Crippen molar-refractivity contribution >= 4 is 0 Å². The second-order valence-electron chi connectivity index (χ2n) is 5.77. The maximum atomic E-state index is 14.0. The fraction of sp³-hybridized carbons (Fsp3) is 0.625. The molecule has 0 spiro atoms. The minimum Gasteiger partial charge on any atom is -0.374 e. The van der Waals surface area contributed by atoms with Crippen LogP contribution in [-0.2, 0) is 20.8 Å². The second-order valence-corrected chi connectivity index (χ2v) is 5.77. The lowest BCUT2D eigenvalue weighted by Crippen LogP contribution is -2.40. The van der Waals surface area contributed by atoms with Gasteiger partial charge in [0.15, 0.2) is 24.3 Å². The average Bonchev–Trinajstić information content (AvgIpc) is 2.87. The van der Waals surface area contributed by atoms with Crippen LogP contribution in [0.3, 0.4) is 0 Å². The van der Waals surface area contributed by atoms with Gasteiger partial charge in [-0.15, -0.1) is 0 Å². The van der Waals surface area contributed by atoms with Crippen molar-refractivity contribution in [1.82, 2.24) is 0 Å². The first-order valence-electron chi connectivity index (χ1n) is 7.25. The molecule has 1 fully saturated rings. The van der Waals surface area contributed by atoms with Crippen molar-refractivity contribution in [3.8, 4) is 0 Å². The highest BCUT2D eigenvalue weighted by atomic mass is 19.2. The summed E-state index contributed by atoms with van der Waals surface area (Å²) in [5.41, 5.74) is 0.844. The first kappa shape index (κ1) is 17.2. The molecule has 22 heavy (non-hydrogen) atoms. The molecular weight excluding hydrogens is 297 g/mol. The number of ether oxygens (including phenoxy) is 3. The van der Waals surface area contributed by atoms with Crippen LogP contribution in [0.2, 0.25) is 0 Å². The standard InChI is InChI=1S/C16H21F3O3/c1-16(2)21-10-13(22-16)15(19)14(18)12(17)9-20-8-11-6-4-3-5-7-11/h3-7,12-15H,8-10H2,1-2H3/t12-,13+,14+,15+/m0/s1. The molecular formula is C16H21F3O3.